The smallest absolute Gasteiger partial charge is 0.253 e. The predicted molar refractivity (Wildman–Crippen MR) is 127 cm³/mol. The Morgan fingerprint density at radius 2 is 1.88 bits per heavy atom. The van der Waals surface area contributed by atoms with Gasteiger partial charge < -0.3 is 4.98 Å². The summed E-state index contributed by atoms with van der Waals surface area (Å²) in [4.78, 5) is 18.9. The van der Waals surface area contributed by atoms with Crippen LogP contribution in [0.5, 0.6) is 0 Å². The van der Waals surface area contributed by atoms with Gasteiger partial charge in [-0.1, -0.05) is 49.2 Å². The van der Waals surface area contributed by atoms with Crippen molar-refractivity contribution in [3.63, 3.8) is 0 Å². The van der Waals surface area contributed by atoms with E-state index in [9.17, 15) is 4.79 Å². The third-order valence-corrected chi connectivity index (χ3v) is 7.28. The molecule has 168 valence electrons. The number of tetrazole rings is 1. The van der Waals surface area contributed by atoms with Crippen molar-refractivity contribution in [2.75, 3.05) is 6.54 Å². The maximum atomic E-state index is 13.4. The molecule has 3 heterocycles. The number of aromatic nitrogens is 5. The number of hydrogen-bond acceptors (Lipinski definition) is 5. The summed E-state index contributed by atoms with van der Waals surface area (Å²) in [7, 11) is 0. The third kappa shape index (κ3) is 3.66. The molecule has 1 saturated carbocycles. The first-order valence-electron chi connectivity index (χ1n) is 11.9. The van der Waals surface area contributed by atoms with Gasteiger partial charge in [0, 0.05) is 24.2 Å². The lowest BCUT2D eigenvalue weighted by Crippen LogP contribution is -2.39. The van der Waals surface area contributed by atoms with E-state index < -0.39 is 0 Å². The van der Waals surface area contributed by atoms with Gasteiger partial charge in [-0.15, -0.1) is 5.10 Å². The Kier molecular flexibility index (Phi) is 5.06. The van der Waals surface area contributed by atoms with Gasteiger partial charge in [0.25, 0.3) is 5.56 Å². The topological polar surface area (TPSA) is 79.7 Å². The molecule has 0 amide bonds. The standard InChI is InChI=1S/C26H28N6O/c1-17-10-11-19-15-22(26(33)27-23(19)14-17)24(25-28-29-30-32(25)21-8-4-5-9-21)31-13-12-18-6-2-3-7-20(18)16-31/h2-3,6-7,10-11,14-15,21,24H,4-5,8-9,12-13,16H2,1H3,(H,27,33). The number of nitrogens with one attached hydrogen (secondary N) is 1. The summed E-state index contributed by atoms with van der Waals surface area (Å²) in [5, 5.41) is 14.0. The van der Waals surface area contributed by atoms with E-state index in [0.29, 0.717) is 11.6 Å². The summed E-state index contributed by atoms with van der Waals surface area (Å²) >= 11 is 0. The average molecular weight is 441 g/mol. The molecule has 2 aromatic heterocycles. The van der Waals surface area contributed by atoms with Crippen molar-refractivity contribution in [1.29, 1.82) is 0 Å². The highest BCUT2D eigenvalue weighted by Crippen LogP contribution is 2.35. The minimum Gasteiger partial charge on any atom is -0.322 e. The Balaban J connectivity index is 1.50. The fourth-order valence-corrected chi connectivity index (χ4v) is 5.56. The summed E-state index contributed by atoms with van der Waals surface area (Å²) in [6, 6.07) is 16.8. The lowest BCUT2D eigenvalue weighted by atomic mass is 9.95. The fraction of sp³-hybridized carbons (Fsp3) is 0.385. The Morgan fingerprint density at radius 1 is 1.06 bits per heavy atom. The second-order valence-corrected chi connectivity index (χ2v) is 9.46. The molecule has 6 rings (SSSR count). The van der Waals surface area contributed by atoms with Gasteiger partial charge in [-0.3, -0.25) is 9.69 Å². The van der Waals surface area contributed by atoms with Crippen LogP contribution in [0, 0.1) is 6.92 Å². The van der Waals surface area contributed by atoms with E-state index in [1.807, 2.05) is 23.7 Å². The second-order valence-electron chi connectivity index (χ2n) is 9.46. The quantitative estimate of drug-likeness (QED) is 0.517. The summed E-state index contributed by atoms with van der Waals surface area (Å²) < 4.78 is 2.00. The number of nitrogens with zero attached hydrogens (tertiary/aromatic N) is 5. The van der Waals surface area contributed by atoms with Gasteiger partial charge in [-0.25, -0.2) is 4.68 Å². The Morgan fingerprint density at radius 3 is 2.73 bits per heavy atom. The van der Waals surface area contributed by atoms with Crippen LogP contribution in [0.2, 0.25) is 0 Å². The number of aryl methyl sites for hydroxylation is 1. The molecular formula is C26H28N6O. The molecule has 1 aliphatic carbocycles. The Labute approximate surface area is 192 Å². The van der Waals surface area contributed by atoms with Crippen LogP contribution in [0.1, 0.15) is 65.8 Å². The summed E-state index contributed by atoms with van der Waals surface area (Å²) in [5.74, 6) is 0.776. The van der Waals surface area contributed by atoms with E-state index in [1.165, 1.54) is 24.0 Å². The number of H-pyrrole nitrogens is 1. The van der Waals surface area contributed by atoms with Crippen molar-refractivity contribution < 1.29 is 0 Å². The van der Waals surface area contributed by atoms with Crippen molar-refractivity contribution in [3.8, 4) is 0 Å². The fourth-order valence-electron chi connectivity index (χ4n) is 5.56. The predicted octanol–water partition coefficient (Wildman–Crippen LogP) is 4.09. The van der Waals surface area contributed by atoms with Crippen LogP contribution in [0.15, 0.2) is 53.3 Å². The van der Waals surface area contributed by atoms with Crippen molar-refractivity contribution in [1.82, 2.24) is 30.1 Å². The van der Waals surface area contributed by atoms with E-state index in [0.717, 1.165) is 54.6 Å². The zero-order valence-corrected chi connectivity index (χ0v) is 18.9. The monoisotopic (exact) mass is 440 g/mol. The molecular weight excluding hydrogens is 412 g/mol. The molecule has 0 spiro atoms. The number of hydrogen-bond donors (Lipinski definition) is 1. The first-order valence-corrected chi connectivity index (χ1v) is 11.9. The maximum absolute atomic E-state index is 13.4. The van der Waals surface area contributed by atoms with Crippen LogP contribution in [-0.2, 0) is 13.0 Å². The molecule has 7 nitrogen and oxygen atoms in total. The molecule has 1 aliphatic heterocycles. The Hall–Kier alpha value is -3.32. The average Bonchev–Trinajstić information content (AvgIpc) is 3.52. The van der Waals surface area contributed by atoms with Crippen LogP contribution in [-0.4, -0.2) is 36.6 Å². The first-order chi connectivity index (χ1) is 16.2. The van der Waals surface area contributed by atoms with Crippen LogP contribution in [0.4, 0.5) is 0 Å². The number of benzene rings is 2. The molecule has 1 unspecified atom stereocenters. The Bertz CT molecular complexity index is 1370. The van der Waals surface area contributed by atoms with Gasteiger partial charge in [0.1, 0.15) is 6.04 Å². The van der Waals surface area contributed by atoms with Crippen LogP contribution in [0.3, 0.4) is 0 Å². The van der Waals surface area contributed by atoms with Gasteiger partial charge in [-0.05, 0) is 70.8 Å². The molecule has 33 heavy (non-hydrogen) atoms. The summed E-state index contributed by atoms with van der Waals surface area (Å²) in [6.07, 6.45) is 5.51. The van der Waals surface area contributed by atoms with E-state index >= 15 is 0 Å². The highest BCUT2D eigenvalue weighted by atomic mass is 16.1. The van der Waals surface area contributed by atoms with Crippen molar-refractivity contribution >= 4 is 10.9 Å². The van der Waals surface area contributed by atoms with Gasteiger partial charge in [-0.2, -0.15) is 0 Å². The molecule has 1 fully saturated rings. The molecule has 0 radical (unpaired) electrons. The molecule has 1 atom stereocenters. The molecule has 2 aromatic carbocycles. The lowest BCUT2D eigenvalue weighted by molar-refractivity contribution is 0.190. The maximum Gasteiger partial charge on any atom is 0.253 e. The van der Waals surface area contributed by atoms with E-state index in [-0.39, 0.29) is 11.6 Å². The van der Waals surface area contributed by atoms with Crippen molar-refractivity contribution in [3.05, 3.63) is 87.0 Å². The van der Waals surface area contributed by atoms with Crippen molar-refractivity contribution in [2.45, 2.75) is 57.7 Å². The molecule has 0 saturated heterocycles. The minimum absolute atomic E-state index is 0.0714. The molecule has 1 N–H and O–H groups in total. The van der Waals surface area contributed by atoms with Crippen LogP contribution in [0.25, 0.3) is 10.9 Å². The largest absolute Gasteiger partial charge is 0.322 e. The van der Waals surface area contributed by atoms with Gasteiger partial charge in [0.05, 0.1) is 6.04 Å². The molecule has 0 bridgehead atoms. The van der Waals surface area contributed by atoms with Gasteiger partial charge >= 0.3 is 0 Å². The second kappa shape index (κ2) is 8.23. The van der Waals surface area contributed by atoms with Gasteiger partial charge in [0.15, 0.2) is 5.82 Å². The number of rotatable bonds is 4. The zero-order valence-electron chi connectivity index (χ0n) is 18.9. The SMILES string of the molecule is Cc1ccc2cc(C(c3nnnn3C3CCCC3)N3CCc4ccccc4C3)c(=O)[nH]c2c1. The molecule has 4 aromatic rings. The molecule has 7 heteroatoms. The normalized spacial score (nSPS) is 18.0. The number of pyridine rings is 1. The number of fused-ring (bicyclic) bond motifs is 2. The highest BCUT2D eigenvalue weighted by molar-refractivity contribution is 5.79. The van der Waals surface area contributed by atoms with Gasteiger partial charge in [0.2, 0.25) is 0 Å². The highest BCUT2D eigenvalue weighted by Gasteiger charge is 2.34. The van der Waals surface area contributed by atoms with Crippen LogP contribution < -0.4 is 5.56 Å². The number of aromatic amines is 1. The summed E-state index contributed by atoms with van der Waals surface area (Å²) in [5.41, 5.74) is 5.31. The minimum atomic E-state index is -0.302. The lowest BCUT2D eigenvalue weighted by Gasteiger charge is -2.35. The van der Waals surface area contributed by atoms with E-state index in [2.05, 4.69) is 61.8 Å². The summed E-state index contributed by atoms with van der Waals surface area (Å²) in [6.45, 7) is 3.66. The zero-order chi connectivity index (χ0) is 22.4. The van der Waals surface area contributed by atoms with Crippen LogP contribution >= 0.6 is 0 Å². The third-order valence-electron chi connectivity index (χ3n) is 7.28. The van der Waals surface area contributed by atoms with E-state index in [1.54, 1.807) is 0 Å². The van der Waals surface area contributed by atoms with E-state index in [4.69, 9.17) is 0 Å². The first kappa shape index (κ1) is 20.3. The molecule has 2 aliphatic rings. The van der Waals surface area contributed by atoms with Crippen molar-refractivity contribution in [2.24, 2.45) is 0 Å².